The van der Waals surface area contributed by atoms with Gasteiger partial charge >= 0.3 is 5.97 Å². The summed E-state index contributed by atoms with van der Waals surface area (Å²) in [5.41, 5.74) is 0.115. The van der Waals surface area contributed by atoms with Crippen LogP contribution in [0.15, 0.2) is 24.3 Å². The molecule has 0 radical (unpaired) electrons. The van der Waals surface area contributed by atoms with E-state index in [1.807, 2.05) is 13.0 Å². The molecule has 1 unspecified atom stereocenters. The van der Waals surface area contributed by atoms with Gasteiger partial charge in [0.05, 0.1) is 0 Å². The highest BCUT2D eigenvalue weighted by atomic mass is 16.6. The van der Waals surface area contributed by atoms with Crippen molar-refractivity contribution >= 4 is 5.97 Å². The molecule has 0 aromatic heterocycles. The Kier molecular flexibility index (Phi) is 2.91. The highest BCUT2D eigenvalue weighted by Crippen LogP contribution is 2.30. The monoisotopic (exact) mass is 180 g/mol. The first-order valence-corrected chi connectivity index (χ1v) is 4.66. The molecule has 0 bridgehead atoms. The molecule has 1 aliphatic carbocycles. The zero-order valence-electron chi connectivity index (χ0n) is 8.30. The van der Waals surface area contributed by atoms with Crippen molar-refractivity contribution in [2.24, 2.45) is 0 Å². The van der Waals surface area contributed by atoms with Gasteiger partial charge in [0.1, 0.15) is 5.60 Å². The summed E-state index contributed by atoms with van der Waals surface area (Å²) in [7, 11) is 0. The van der Waals surface area contributed by atoms with Crippen LogP contribution < -0.4 is 0 Å². The van der Waals surface area contributed by atoms with E-state index < -0.39 is 0 Å². The third kappa shape index (κ3) is 2.20. The van der Waals surface area contributed by atoms with E-state index in [0.717, 1.165) is 19.3 Å². The van der Waals surface area contributed by atoms with Crippen molar-refractivity contribution in [3.8, 4) is 0 Å². The highest BCUT2D eigenvalue weighted by Gasteiger charge is 2.31. The zero-order chi connectivity index (χ0) is 9.90. The Morgan fingerprint density at radius 1 is 1.69 bits per heavy atom. The predicted octanol–water partition coefficient (Wildman–Crippen LogP) is 2.60. The SMILES string of the molecule is C=C(C)C(=O)OC1(CC)C=CCC1. The minimum Gasteiger partial charge on any atom is -0.451 e. The molecule has 2 nitrogen and oxygen atoms in total. The van der Waals surface area contributed by atoms with Crippen molar-refractivity contribution in [1.29, 1.82) is 0 Å². The van der Waals surface area contributed by atoms with Gasteiger partial charge < -0.3 is 4.74 Å². The Hall–Kier alpha value is -1.05. The third-order valence-corrected chi connectivity index (χ3v) is 2.40. The maximum atomic E-state index is 11.3. The smallest absolute Gasteiger partial charge is 0.333 e. The van der Waals surface area contributed by atoms with Gasteiger partial charge in [-0.25, -0.2) is 4.79 Å². The molecule has 2 heteroatoms. The van der Waals surface area contributed by atoms with Crippen LogP contribution >= 0.6 is 0 Å². The summed E-state index contributed by atoms with van der Waals surface area (Å²) in [6, 6.07) is 0. The minimum atomic E-state index is -0.351. The van der Waals surface area contributed by atoms with Gasteiger partial charge in [-0.3, -0.25) is 0 Å². The van der Waals surface area contributed by atoms with E-state index in [4.69, 9.17) is 4.74 Å². The van der Waals surface area contributed by atoms with Crippen LogP contribution in [0.4, 0.5) is 0 Å². The van der Waals surface area contributed by atoms with Gasteiger partial charge in [0.15, 0.2) is 0 Å². The van der Waals surface area contributed by atoms with Gasteiger partial charge in [-0.1, -0.05) is 19.6 Å². The van der Waals surface area contributed by atoms with Gasteiger partial charge in [0, 0.05) is 5.57 Å². The highest BCUT2D eigenvalue weighted by molar-refractivity contribution is 5.87. The lowest BCUT2D eigenvalue weighted by Crippen LogP contribution is -2.30. The number of rotatable bonds is 3. The summed E-state index contributed by atoms with van der Waals surface area (Å²) in [4.78, 5) is 11.3. The molecule has 1 aliphatic rings. The molecular weight excluding hydrogens is 164 g/mol. The summed E-state index contributed by atoms with van der Waals surface area (Å²) in [5.74, 6) is -0.284. The zero-order valence-corrected chi connectivity index (χ0v) is 8.30. The lowest BCUT2D eigenvalue weighted by molar-refractivity contribution is -0.150. The van der Waals surface area contributed by atoms with Crippen LogP contribution in [0.25, 0.3) is 0 Å². The standard InChI is InChI=1S/C11H16O2/c1-4-11(7-5-6-8-11)13-10(12)9(2)3/h5,7H,2,4,6,8H2,1,3H3. The van der Waals surface area contributed by atoms with Crippen LogP contribution in [0.3, 0.4) is 0 Å². The number of hydrogen-bond donors (Lipinski definition) is 0. The Balaban J connectivity index is 2.64. The van der Waals surface area contributed by atoms with Gasteiger partial charge in [0.2, 0.25) is 0 Å². The second-order valence-electron chi connectivity index (χ2n) is 3.53. The second kappa shape index (κ2) is 3.77. The minimum absolute atomic E-state index is 0.284. The number of ether oxygens (including phenoxy) is 1. The van der Waals surface area contributed by atoms with E-state index in [9.17, 15) is 4.79 Å². The van der Waals surface area contributed by atoms with E-state index in [2.05, 4.69) is 12.7 Å². The van der Waals surface area contributed by atoms with Crippen LogP contribution in [-0.2, 0) is 9.53 Å². The first kappa shape index (κ1) is 10.0. The van der Waals surface area contributed by atoms with Crippen LogP contribution in [0.2, 0.25) is 0 Å². The number of carbonyl (C=O) groups excluding carboxylic acids is 1. The Morgan fingerprint density at radius 2 is 2.38 bits per heavy atom. The van der Waals surface area contributed by atoms with Crippen molar-refractivity contribution in [1.82, 2.24) is 0 Å². The normalized spacial score (nSPS) is 26.0. The van der Waals surface area contributed by atoms with E-state index in [-0.39, 0.29) is 11.6 Å². The Morgan fingerprint density at radius 3 is 2.77 bits per heavy atom. The van der Waals surface area contributed by atoms with Crippen LogP contribution in [0.5, 0.6) is 0 Å². The summed E-state index contributed by atoms with van der Waals surface area (Å²) >= 11 is 0. The molecule has 1 atom stereocenters. The average molecular weight is 180 g/mol. The molecule has 0 spiro atoms. The molecule has 0 aromatic rings. The topological polar surface area (TPSA) is 26.3 Å². The quantitative estimate of drug-likeness (QED) is 0.379. The second-order valence-corrected chi connectivity index (χ2v) is 3.53. The number of carbonyl (C=O) groups is 1. The van der Waals surface area contributed by atoms with Crippen LogP contribution in [0, 0.1) is 0 Å². The number of allylic oxidation sites excluding steroid dienone is 1. The van der Waals surface area contributed by atoms with Crippen molar-refractivity contribution in [2.75, 3.05) is 0 Å². The summed E-state index contributed by atoms with van der Waals surface area (Å²) in [5, 5.41) is 0. The average Bonchev–Trinajstić information content (AvgIpc) is 2.54. The lowest BCUT2D eigenvalue weighted by Gasteiger charge is -2.26. The molecule has 0 amide bonds. The molecule has 0 aromatic carbocycles. The summed E-state index contributed by atoms with van der Waals surface area (Å²) in [6.45, 7) is 7.26. The fourth-order valence-corrected chi connectivity index (χ4v) is 1.43. The molecule has 0 aliphatic heterocycles. The molecule has 0 heterocycles. The van der Waals surface area contributed by atoms with Gasteiger partial charge in [-0.05, 0) is 32.3 Å². The first-order valence-electron chi connectivity index (χ1n) is 4.66. The van der Waals surface area contributed by atoms with Crippen LogP contribution in [-0.4, -0.2) is 11.6 Å². The molecule has 0 saturated heterocycles. The van der Waals surface area contributed by atoms with E-state index in [1.54, 1.807) is 6.92 Å². The number of hydrogen-bond acceptors (Lipinski definition) is 2. The van der Waals surface area contributed by atoms with Gasteiger partial charge in [-0.2, -0.15) is 0 Å². The maximum absolute atomic E-state index is 11.3. The van der Waals surface area contributed by atoms with Gasteiger partial charge in [0.25, 0.3) is 0 Å². The molecular formula is C11H16O2. The van der Waals surface area contributed by atoms with E-state index in [0.29, 0.717) is 5.57 Å². The molecule has 72 valence electrons. The Bertz CT molecular complexity index is 253. The summed E-state index contributed by atoms with van der Waals surface area (Å²) < 4.78 is 5.38. The van der Waals surface area contributed by atoms with Crippen molar-refractivity contribution in [2.45, 2.75) is 38.7 Å². The predicted molar refractivity (Wildman–Crippen MR) is 52.3 cm³/mol. The molecule has 0 saturated carbocycles. The van der Waals surface area contributed by atoms with E-state index >= 15 is 0 Å². The third-order valence-electron chi connectivity index (χ3n) is 2.40. The lowest BCUT2D eigenvalue weighted by atomic mass is 10.00. The molecule has 13 heavy (non-hydrogen) atoms. The maximum Gasteiger partial charge on any atom is 0.333 e. The van der Waals surface area contributed by atoms with Crippen LogP contribution in [0.1, 0.15) is 33.1 Å². The summed E-state index contributed by atoms with van der Waals surface area (Å²) in [6.07, 6.45) is 6.80. The van der Waals surface area contributed by atoms with Crippen molar-refractivity contribution < 1.29 is 9.53 Å². The first-order chi connectivity index (χ1) is 6.09. The van der Waals surface area contributed by atoms with E-state index in [1.165, 1.54) is 0 Å². The Labute approximate surface area is 79.3 Å². The largest absolute Gasteiger partial charge is 0.451 e. The number of esters is 1. The molecule has 1 rings (SSSR count). The van der Waals surface area contributed by atoms with Gasteiger partial charge in [-0.15, -0.1) is 0 Å². The fourth-order valence-electron chi connectivity index (χ4n) is 1.43. The molecule has 0 N–H and O–H groups in total. The molecule has 0 fully saturated rings. The fraction of sp³-hybridized carbons (Fsp3) is 0.545. The van der Waals surface area contributed by atoms with Crippen molar-refractivity contribution in [3.05, 3.63) is 24.3 Å². The van der Waals surface area contributed by atoms with Crippen molar-refractivity contribution in [3.63, 3.8) is 0 Å².